The van der Waals surface area contributed by atoms with Crippen LogP contribution in [0.2, 0.25) is 0 Å². The maximum Gasteiger partial charge on any atom is 0.309 e. The molecule has 0 spiro atoms. The Kier molecular flexibility index (Phi) is 28.6. The second-order valence-electron chi connectivity index (χ2n) is 15.2. The highest BCUT2D eigenvalue weighted by molar-refractivity contribution is 7.92. The lowest BCUT2D eigenvalue weighted by Gasteiger charge is -2.34. The van der Waals surface area contributed by atoms with Crippen LogP contribution in [0.4, 0.5) is 14.5 Å². The number of nitrogens with zero attached hydrogens (tertiary/aromatic N) is 2. The molecule has 2 aromatic rings. The van der Waals surface area contributed by atoms with E-state index in [0.29, 0.717) is 28.9 Å². The predicted molar refractivity (Wildman–Crippen MR) is 238 cm³/mol. The van der Waals surface area contributed by atoms with Gasteiger partial charge in [-0.3, -0.25) is 9.52 Å². The van der Waals surface area contributed by atoms with Crippen molar-refractivity contribution >= 4 is 34.3 Å². The molecule has 0 aliphatic carbocycles. The van der Waals surface area contributed by atoms with Crippen LogP contribution in [0.5, 0.6) is 0 Å². The van der Waals surface area contributed by atoms with Crippen LogP contribution < -0.4 is 15.3 Å². The van der Waals surface area contributed by atoms with Crippen molar-refractivity contribution < 1.29 is 26.7 Å². The van der Waals surface area contributed by atoms with E-state index in [9.17, 15) is 17.6 Å². The van der Waals surface area contributed by atoms with Gasteiger partial charge in [0.15, 0.2) is 5.82 Å². The van der Waals surface area contributed by atoms with Crippen LogP contribution in [-0.4, -0.2) is 48.3 Å². The van der Waals surface area contributed by atoms with Crippen LogP contribution in [-0.2, 0) is 19.6 Å². The van der Waals surface area contributed by atoms with Gasteiger partial charge in [-0.2, -0.15) is 0 Å². The van der Waals surface area contributed by atoms with Gasteiger partial charge in [0, 0.05) is 25.0 Å². The standard InChI is InChI=1S/C29H43F2N3O2S.C9H18O2.C6H14.C2H6/c1-8-12-23(13-9-2)33(7)26(21(5)11-4)16-17-27-22(6)18-19-34(27)29-24(30)14-15-25(28(29)31)32-37(35,36)20-10-3;1-6-7(2)8(10)11-9(3,4)5;1-3-5-6-4-2;1-2/h14-19,21,23,32H,6,8-13,20H2,1-5,7H3;7H,6H2,1-5H3;3-6H2,1-2H3;1-2H3/b26-16+,27-17+;;;. The zero-order valence-electron chi connectivity index (χ0n) is 38.1. The van der Waals surface area contributed by atoms with E-state index in [1.54, 1.807) is 19.2 Å². The first kappa shape index (κ1) is 55.0. The second kappa shape index (κ2) is 29.1. The fourth-order valence-corrected chi connectivity index (χ4v) is 6.81. The zero-order valence-corrected chi connectivity index (χ0v) is 38.9. The normalized spacial score (nSPS) is 13.0. The summed E-state index contributed by atoms with van der Waals surface area (Å²) in [5, 5.41) is 1.14. The van der Waals surface area contributed by atoms with E-state index in [4.69, 9.17) is 4.74 Å². The molecule has 0 aliphatic rings. The van der Waals surface area contributed by atoms with Crippen LogP contribution in [0, 0.1) is 23.5 Å². The number of benzene rings is 1. The van der Waals surface area contributed by atoms with Gasteiger partial charge >= 0.3 is 5.97 Å². The molecule has 2 rings (SSSR count). The van der Waals surface area contributed by atoms with Gasteiger partial charge in [0.05, 0.1) is 22.7 Å². The number of allylic oxidation sites excluding steroid dienone is 2. The van der Waals surface area contributed by atoms with Crippen molar-refractivity contribution in [2.24, 2.45) is 11.8 Å². The van der Waals surface area contributed by atoms with Gasteiger partial charge in [0.1, 0.15) is 17.1 Å². The highest BCUT2D eigenvalue weighted by Gasteiger charge is 2.22. The Bertz CT molecular complexity index is 1620. The topological polar surface area (TPSA) is 80.6 Å². The Hall–Kier alpha value is -3.14. The lowest BCUT2D eigenvalue weighted by molar-refractivity contribution is -0.159. The maximum atomic E-state index is 15.5. The molecule has 2 unspecified atom stereocenters. The van der Waals surface area contributed by atoms with Gasteiger partial charge in [0.25, 0.3) is 0 Å². The molecule has 0 bridgehead atoms. The molecule has 56 heavy (non-hydrogen) atoms. The number of aromatic nitrogens is 1. The Morgan fingerprint density at radius 2 is 1.43 bits per heavy atom. The summed E-state index contributed by atoms with van der Waals surface area (Å²) < 4.78 is 63.7. The molecule has 1 heterocycles. The number of carbonyl (C=O) groups excluding carboxylic acids is 1. The number of sulfonamides is 1. The molecular formula is C46H81F2N3O4S. The molecule has 324 valence electrons. The summed E-state index contributed by atoms with van der Waals surface area (Å²) in [5.74, 6) is -1.71. The number of ether oxygens (including phenoxy) is 1. The first-order valence-electron chi connectivity index (χ1n) is 21.3. The third-order valence-electron chi connectivity index (χ3n) is 9.17. The van der Waals surface area contributed by atoms with Crippen LogP contribution >= 0.6 is 0 Å². The summed E-state index contributed by atoms with van der Waals surface area (Å²) in [6.07, 6.45) is 17.5. The summed E-state index contributed by atoms with van der Waals surface area (Å²) in [7, 11) is -1.62. The van der Waals surface area contributed by atoms with Gasteiger partial charge < -0.3 is 14.2 Å². The third kappa shape index (κ3) is 20.3. The molecule has 0 aliphatic heterocycles. The fraction of sp³-hybridized carbons (Fsp3) is 0.674. The van der Waals surface area contributed by atoms with Crippen LogP contribution in [0.1, 0.15) is 168 Å². The molecule has 0 amide bonds. The van der Waals surface area contributed by atoms with Crippen molar-refractivity contribution in [1.82, 2.24) is 9.47 Å². The monoisotopic (exact) mass is 810 g/mol. The van der Waals surface area contributed by atoms with Gasteiger partial charge in [0.2, 0.25) is 10.0 Å². The van der Waals surface area contributed by atoms with Crippen molar-refractivity contribution in [2.45, 2.75) is 179 Å². The van der Waals surface area contributed by atoms with Crippen molar-refractivity contribution in [3.8, 4) is 5.69 Å². The van der Waals surface area contributed by atoms with Crippen molar-refractivity contribution in [3.63, 3.8) is 0 Å². The minimum atomic E-state index is -3.74. The zero-order chi connectivity index (χ0) is 43.6. The molecule has 1 N–H and O–H groups in total. The molecule has 1 aromatic carbocycles. The summed E-state index contributed by atoms with van der Waals surface area (Å²) in [5.41, 5.74) is 0.177. The number of anilines is 1. The molecule has 0 saturated heterocycles. The first-order valence-corrected chi connectivity index (χ1v) is 23.0. The molecule has 0 radical (unpaired) electrons. The van der Waals surface area contributed by atoms with Crippen LogP contribution in [0.25, 0.3) is 18.3 Å². The fourth-order valence-electron chi connectivity index (χ4n) is 5.68. The number of hydrogen-bond donors (Lipinski definition) is 1. The summed E-state index contributed by atoms with van der Waals surface area (Å²) in [6, 6.07) is 4.29. The molecular weight excluding hydrogens is 729 g/mol. The smallest absolute Gasteiger partial charge is 0.309 e. The summed E-state index contributed by atoms with van der Waals surface area (Å²) in [6.45, 7) is 32.5. The van der Waals surface area contributed by atoms with Gasteiger partial charge in [-0.05, 0) is 94.4 Å². The molecule has 1 aromatic heterocycles. The number of carbonyl (C=O) groups is 1. The van der Waals surface area contributed by atoms with E-state index in [-0.39, 0.29) is 34.6 Å². The predicted octanol–water partition coefficient (Wildman–Crippen LogP) is 11.9. The summed E-state index contributed by atoms with van der Waals surface area (Å²) in [4.78, 5) is 13.5. The number of hydrogen-bond acceptors (Lipinski definition) is 5. The van der Waals surface area contributed by atoms with Crippen LogP contribution in [0.15, 0.2) is 36.2 Å². The lowest BCUT2D eigenvalue weighted by Crippen LogP contribution is -2.33. The van der Waals surface area contributed by atoms with Crippen LogP contribution in [0.3, 0.4) is 0 Å². The Morgan fingerprint density at radius 3 is 1.88 bits per heavy atom. The van der Waals surface area contributed by atoms with E-state index in [0.717, 1.165) is 56.4 Å². The number of rotatable bonds is 19. The number of halogens is 2. The molecule has 7 nitrogen and oxygen atoms in total. The average Bonchev–Trinajstić information content (AvgIpc) is 3.50. The molecule has 2 atom stereocenters. The molecule has 0 fully saturated rings. The molecule has 0 saturated carbocycles. The van der Waals surface area contributed by atoms with E-state index >= 15 is 4.39 Å². The third-order valence-corrected chi connectivity index (χ3v) is 10.6. The molecule has 10 heteroatoms. The first-order chi connectivity index (χ1) is 26.3. The Morgan fingerprint density at radius 1 is 0.893 bits per heavy atom. The maximum absolute atomic E-state index is 15.5. The number of unbranched alkanes of at least 4 members (excludes halogenated alkanes) is 3. The Labute approximate surface area is 342 Å². The Balaban J connectivity index is 0. The lowest BCUT2D eigenvalue weighted by atomic mass is 9.98. The second-order valence-corrected chi connectivity index (χ2v) is 17.1. The number of nitrogens with one attached hydrogen (secondary N) is 1. The van der Waals surface area contributed by atoms with E-state index in [2.05, 4.69) is 64.8 Å². The van der Waals surface area contributed by atoms with E-state index in [1.165, 1.54) is 30.3 Å². The van der Waals surface area contributed by atoms with Crippen molar-refractivity contribution in [1.29, 1.82) is 0 Å². The van der Waals surface area contributed by atoms with E-state index < -0.39 is 21.7 Å². The SMILES string of the molecule is C=c1ccn(-c2c(F)ccc(NS(=O)(=O)CCC)c2F)/c1=C/C=C(\C(C)CC)N(C)C(CCC)CCC.CC.CCC(C)C(=O)OC(C)(C)C.CCCCCC. The number of esters is 1. The van der Waals surface area contributed by atoms with Gasteiger partial charge in [-0.15, -0.1) is 0 Å². The van der Waals surface area contributed by atoms with E-state index in [1.807, 2.05) is 60.6 Å². The average molecular weight is 810 g/mol. The van der Waals surface area contributed by atoms with Crippen molar-refractivity contribution in [2.75, 3.05) is 17.5 Å². The van der Waals surface area contributed by atoms with Crippen molar-refractivity contribution in [3.05, 3.63) is 58.4 Å². The minimum Gasteiger partial charge on any atom is -0.460 e. The highest BCUT2D eigenvalue weighted by Crippen LogP contribution is 2.26. The highest BCUT2D eigenvalue weighted by atomic mass is 32.2. The minimum absolute atomic E-state index is 0.0224. The summed E-state index contributed by atoms with van der Waals surface area (Å²) >= 11 is 0. The van der Waals surface area contributed by atoms with Gasteiger partial charge in [-0.1, -0.05) is 121 Å². The quantitative estimate of drug-likeness (QED) is 0.113. The van der Waals surface area contributed by atoms with Gasteiger partial charge in [-0.25, -0.2) is 17.2 Å². The largest absolute Gasteiger partial charge is 0.460 e.